The van der Waals surface area contributed by atoms with E-state index in [9.17, 15) is 9.59 Å². The number of fused-ring (bicyclic) bond motifs is 2. The van der Waals surface area contributed by atoms with Gasteiger partial charge in [-0.2, -0.15) is 0 Å². The Labute approximate surface area is 218 Å². The summed E-state index contributed by atoms with van der Waals surface area (Å²) in [5, 5.41) is 14.3. The second-order valence-corrected chi connectivity index (χ2v) is 8.77. The number of urea groups is 1. The monoisotopic (exact) mass is 517 g/mol. The van der Waals surface area contributed by atoms with Gasteiger partial charge in [0.1, 0.15) is 11.3 Å². The number of ether oxygens (including phenoxy) is 3. The van der Waals surface area contributed by atoms with Crippen LogP contribution in [0.5, 0.6) is 17.2 Å². The van der Waals surface area contributed by atoms with Gasteiger partial charge in [-0.15, -0.1) is 0 Å². The fourth-order valence-electron chi connectivity index (χ4n) is 4.21. The molecule has 1 aliphatic heterocycles. The molecule has 0 fully saturated rings. The Balaban J connectivity index is 1.30. The minimum Gasteiger partial charge on any atom is -0.496 e. The summed E-state index contributed by atoms with van der Waals surface area (Å²) in [7, 11) is 1.56. The van der Waals surface area contributed by atoms with Crippen LogP contribution in [-0.4, -0.2) is 42.5 Å². The molecule has 1 aliphatic rings. The lowest BCUT2D eigenvalue weighted by Crippen LogP contribution is -2.29. The Morgan fingerprint density at radius 3 is 2.63 bits per heavy atom. The molecular formula is C28H27N3O7. The maximum absolute atomic E-state index is 12.3. The van der Waals surface area contributed by atoms with Crippen LogP contribution >= 0.6 is 0 Å². The van der Waals surface area contributed by atoms with Crippen LogP contribution in [0, 0.1) is 0 Å². The molecule has 0 aliphatic carbocycles. The molecule has 2 heterocycles. The lowest BCUT2D eigenvalue weighted by molar-refractivity contribution is -0.137. The molecule has 38 heavy (non-hydrogen) atoms. The summed E-state index contributed by atoms with van der Waals surface area (Å²) in [6, 6.07) is 16.4. The number of methoxy groups -OCH3 is 1. The molecule has 5 rings (SSSR count). The smallest absolute Gasteiger partial charge is 0.319 e. The molecular weight excluding hydrogens is 490 g/mol. The summed E-state index contributed by atoms with van der Waals surface area (Å²) >= 11 is 0. The van der Waals surface area contributed by atoms with E-state index in [0.29, 0.717) is 59.1 Å². The Morgan fingerprint density at radius 1 is 0.974 bits per heavy atom. The van der Waals surface area contributed by atoms with Crippen LogP contribution in [-0.2, 0) is 4.79 Å². The number of carbonyl (C=O) groups excluding carboxylic acids is 1. The molecule has 0 bridgehead atoms. The van der Waals surface area contributed by atoms with Crippen LogP contribution in [0.15, 0.2) is 59.0 Å². The van der Waals surface area contributed by atoms with Gasteiger partial charge in [-0.3, -0.25) is 4.79 Å². The zero-order valence-electron chi connectivity index (χ0n) is 20.8. The van der Waals surface area contributed by atoms with E-state index in [-0.39, 0.29) is 19.2 Å². The number of aliphatic carboxylic acids is 1. The molecule has 3 aromatic carbocycles. The predicted octanol–water partition coefficient (Wildman–Crippen LogP) is 5.67. The molecule has 4 aromatic rings. The molecule has 0 spiro atoms. The van der Waals surface area contributed by atoms with Crippen molar-refractivity contribution in [3.05, 3.63) is 54.6 Å². The van der Waals surface area contributed by atoms with E-state index in [1.54, 1.807) is 25.3 Å². The maximum atomic E-state index is 12.3. The van der Waals surface area contributed by atoms with E-state index in [4.69, 9.17) is 23.7 Å². The number of anilines is 1. The van der Waals surface area contributed by atoms with Crippen LogP contribution in [0.2, 0.25) is 0 Å². The van der Waals surface area contributed by atoms with Crippen molar-refractivity contribution in [3.8, 4) is 39.8 Å². The number of carboxylic acid groups (broad SMARTS) is 1. The van der Waals surface area contributed by atoms with Gasteiger partial charge in [0.25, 0.3) is 0 Å². The fraction of sp³-hybridized carbons (Fsp3) is 0.250. The zero-order valence-corrected chi connectivity index (χ0v) is 20.8. The highest BCUT2D eigenvalue weighted by atomic mass is 16.7. The van der Waals surface area contributed by atoms with Crippen molar-refractivity contribution in [2.24, 2.45) is 0 Å². The average molecular weight is 518 g/mol. The predicted molar refractivity (Wildman–Crippen MR) is 141 cm³/mol. The number of aromatic nitrogens is 1. The molecule has 1 aromatic heterocycles. The summed E-state index contributed by atoms with van der Waals surface area (Å²) in [6.45, 7) is 0.668. The second-order valence-electron chi connectivity index (χ2n) is 8.77. The molecule has 10 nitrogen and oxygen atoms in total. The molecule has 3 N–H and O–H groups in total. The van der Waals surface area contributed by atoms with Crippen molar-refractivity contribution >= 4 is 28.8 Å². The standard InChI is InChI=1S/C28H27N3O7/c1-35-22-11-8-19(30-28(34)29-12-4-2-3-5-26(32)33)15-20(22)27-31-21-13-17(6-9-23(21)38-27)18-7-10-24-25(14-18)37-16-36-24/h6-11,13-15H,2-5,12,16H2,1H3,(H,32,33)(H2,29,30,34). The number of carbonyl (C=O) groups is 2. The van der Waals surface area contributed by atoms with Gasteiger partial charge in [-0.25, -0.2) is 9.78 Å². The van der Waals surface area contributed by atoms with Gasteiger partial charge >= 0.3 is 12.0 Å². The van der Waals surface area contributed by atoms with Crippen molar-refractivity contribution in [2.45, 2.75) is 25.7 Å². The van der Waals surface area contributed by atoms with Crippen LogP contribution in [0.4, 0.5) is 10.5 Å². The normalized spacial score (nSPS) is 11.9. The largest absolute Gasteiger partial charge is 0.496 e. The first kappa shape index (κ1) is 24.9. The van der Waals surface area contributed by atoms with Gasteiger partial charge in [0.15, 0.2) is 17.1 Å². The molecule has 0 saturated heterocycles. The van der Waals surface area contributed by atoms with Crippen LogP contribution < -0.4 is 24.8 Å². The van der Waals surface area contributed by atoms with Gasteiger partial charge in [-0.1, -0.05) is 18.6 Å². The number of amides is 2. The molecule has 0 radical (unpaired) electrons. The van der Waals surface area contributed by atoms with Crippen molar-refractivity contribution in [3.63, 3.8) is 0 Å². The maximum Gasteiger partial charge on any atom is 0.319 e. The summed E-state index contributed by atoms with van der Waals surface area (Å²) < 4.78 is 22.4. The highest BCUT2D eigenvalue weighted by molar-refractivity contribution is 5.91. The Morgan fingerprint density at radius 2 is 1.79 bits per heavy atom. The number of carboxylic acids is 1. The Kier molecular flexibility index (Phi) is 7.30. The lowest BCUT2D eigenvalue weighted by atomic mass is 10.0. The van der Waals surface area contributed by atoms with Crippen molar-refractivity contribution in [1.29, 1.82) is 0 Å². The van der Waals surface area contributed by atoms with Crippen molar-refractivity contribution in [1.82, 2.24) is 10.3 Å². The number of benzene rings is 3. The number of rotatable bonds is 10. The molecule has 10 heteroatoms. The topological polar surface area (TPSA) is 132 Å². The minimum absolute atomic E-state index is 0.135. The number of nitrogens with one attached hydrogen (secondary N) is 2. The Bertz CT molecular complexity index is 1480. The van der Waals surface area contributed by atoms with Gasteiger partial charge in [0.2, 0.25) is 12.7 Å². The third-order valence-corrected chi connectivity index (χ3v) is 6.13. The summed E-state index contributed by atoms with van der Waals surface area (Å²) in [6.07, 6.45) is 2.15. The number of hydrogen-bond acceptors (Lipinski definition) is 7. The third-order valence-electron chi connectivity index (χ3n) is 6.13. The van der Waals surface area contributed by atoms with Gasteiger partial charge in [0, 0.05) is 18.7 Å². The van der Waals surface area contributed by atoms with E-state index in [0.717, 1.165) is 23.3 Å². The first-order chi connectivity index (χ1) is 18.5. The highest BCUT2D eigenvalue weighted by Crippen LogP contribution is 2.38. The molecule has 2 amide bonds. The van der Waals surface area contributed by atoms with Gasteiger partial charge in [-0.05, 0) is 66.4 Å². The van der Waals surface area contributed by atoms with Crippen LogP contribution in [0.3, 0.4) is 0 Å². The number of nitrogens with zero attached hydrogens (tertiary/aromatic N) is 1. The third kappa shape index (κ3) is 5.64. The lowest BCUT2D eigenvalue weighted by Gasteiger charge is -2.10. The Hall–Kier alpha value is -4.73. The SMILES string of the molecule is COc1ccc(NC(=O)NCCCCCC(=O)O)cc1-c1nc2cc(-c3ccc4c(c3)OCO4)ccc2o1. The van der Waals surface area contributed by atoms with E-state index < -0.39 is 5.97 Å². The number of hydrogen-bond donors (Lipinski definition) is 3. The highest BCUT2D eigenvalue weighted by Gasteiger charge is 2.17. The molecule has 0 saturated carbocycles. The van der Waals surface area contributed by atoms with E-state index in [1.165, 1.54) is 0 Å². The fourth-order valence-corrected chi connectivity index (χ4v) is 4.21. The summed E-state index contributed by atoms with van der Waals surface area (Å²) in [5.41, 5.74) is 4.36. The van der Waals surface area contributed by atoms with E-state index >= 15 is 0 Å². The van der Waals surface area contributed by atoms with Crippen LogP contribution in [0.25, 0.3) is 33.7 Å². The average Bonchev–Trinajstić information content (AvgIpc) is 3.56. The summed E-state index contributed by atoms with van der Waals surface area (Å²) in [4.78, 5) is 27.6. The van der Waals surface area contributed by atoms with E-state index in [1.807, 2.05) is 36.4 Å². The second kappa shape index (κ2) is 11.1. The van der Waals surface area contributed by atoms with Crippen molar-refractivity contribution in [2.75, 3.05) is 25.8 Å². The van der Waals surface area contributed by atoms with Gasteiger partial charge in [0.05, 0.1) is 12.7 Å². The van der Waals surface area contributed by atoms with Crippen molar-refractivity contribution < 1.29 is 33.3 Å². The zero-order chi connectivity index (χ0) is 26.5. The quantitative estimate of drug-likeness (QED) is 0.229. The number of unbranched alkanes of at least 4 members (excludes halogenated alkanes) is 2. The first-order valence-electron chi connectivity index (χ1n) is 12.3. The summed E-state index contributed by atoms with van der Waals surface area (Å²) in [5.74, 6) is 1.54. The molecule has 196 valence electrons. The number of oxazole rings is 1. The minimum atomic E-state index is -0.810. The van der Waals surface area contributed by atoms with E-state index in [2.05, 4.69) is 15.6 Å². The van der Waals surface area contributed by atoms with Gasteiger partial charge < -0.3 is 34.4 Å². The first-order valence-corrected chi connectivity index (χ1v) is 12.3. The molecule has 0 atom stereocenters. The van der Waals surface area contributed by atoms with Crippen LogP contribution in [0.1, 0.15) is 25.7 Å². The molecule has 0 unspecified atom stereocenters.